The summed E-state index contributed by atoms with van der Waals surface area (Å²) in [5, 5.41) is 12.5. The van der Waals surface area contributed by atoms with Gasteiger partial charge in [-0.15, -0.1) is 0 Å². The normalized spacial score (nSPS) is 19.2. The van der Waals surface area contributed by atoms with Crippen LogP contribution in [0, 0.1) is 0 Å². The van der Waals surface area contributed by atoms with E-state index in [1.54, 1.807) is 18.2 Å². The van der Waals surface area contributed by atoms with Crippen LogP contribution in [0.4, 0.5) is 0 Å². The molecule has 0 bridgehead atoms. The zero-order chi connectivity index (χ0) is 13.0. The minimum atomic E-state index is 0.151. The molecule has 1 fully saturated rings. The first-order chi connectivity index (χ1) is 8.70. The van der Waals surface area contributed by atoms with Crippen LogP contribution in [0.25, 0.3) is 0 Å². The first-order valence-corrected chi connectivity index (χ1v) is 6.42. The van der Waals surface area contributed by atoms with Crippen molar-refractivity contribution in [2.45, 2.75) is 25.3 Å². The van der Waals surface area contributed by atoms with Crippen LogP contribution in [0.2, 0.25) is 0 Å². The lowest BCUT2D eigenvalue weighted by Crippen LogP contribution is -2.41. The molecule has 1 saturated heterocycles. The molecule has 1 amide bonds. The molecule has 1 heterocycles. The van der Waals surface area contributed by atoms with Crippen molar-refractivity contribution in [2.75, 3.05) is 20.1 Å². The lowest BCUT2D eigenvalue weighted by molar-refractivity contribution is -0.131. The van der Waals surface area contributed by atoms with E-state index in [1.165, 1.54) is 0 Å². The Morgan fingerprint density at radius 3 is 3.11 bits per heavy atom. The number of amides is 1. The molecular weight excluding hydrogens is 228 g/mol. The number of likely N-dealkylation sites (tertiary alicyclic amines) is 1. The van der Waals surface area contributed by atoms with Gasteiger partial charge in [0.1, 0.15) is 5.75 Å². The summed E-state index contributed by atoms with van der Waals surface area (Å²) >= 11 is 0. The van der Waals surface area contributed by atoms with Crippen molar-refractivity contribution in [3.8, 4) is 5.75 Å². The fraction of sp³-hybridized carbons (Fsp3) is 0.500. The van der Waals surface area contributed by atoms with Gasteiger partial charge < -0.3 is 15.3 Å². The molecule has 0 spiro atoms. The molecule has 0 aliphatic carbocycles. The number of likely N-dealkylation sites (N-methyl/N-ethyl adjacent to an activating group) is 1. The zero-order valence-corrected chi connectivity index (χ0v) is 10.7. The van der Waals surface area contributed by atoms with Crippen LogP contribution in [0.5, 0.6) is 5.75 Å². The number of hydrogen-bond donors (Lipinski definition) is 2. The maximum absolute atomic E-state index is 12.2. The highest BCUT2D eigenvalue weighted by molar-refractivity contribution is 5.79. The van der Waals surface area contributed by atoms with Gasteiger partial charge >= 0.3 is 0 Å². The number of aromatic hydroxyl groups is 1. The van der Waals surface area contributed by atoms with E-state index in [2.05, 4.69) is 5.32 Å². The van der Waals surface area contributed by atoms with Gasteiger partial charge in [-0.3, -0.25) is 4.79 Å². The van der Waals surface area contributed by atoms with E-state index in [-0.39, 0.29) is 11.7 Å². The summed E-state index contributed by atoms with van der Waals surface area (Å²) in [5.41, 5.74) is 0.870. The van der Waals surface area contributed by atoms with E-state index in [4.69, 9.17) is 0 Å². The zero-order valence-electron chi connectivity index (χ0n) is 10.7. The average molecular weight is 248 g/mol. The molecule has 1 aliphatic heterocycles. The van der Waals surface area contributed by atoms with Crippen LogP contribution >= 0.6 is 0 Å². The van der Waals surface area contributed by atoms with Gasteiger partial charge in [0.25, 0.3) is 0 Å². The summed E-state index contributed by atoms with van der Waals surface area (Å²) in [7, 11) is 1.91. The fourth-order valence-electron chi connectivity index (χ4n) is 2.55. The third-order valence-electron chi connectivity index (χ3n) is 3.40. The van der Waals surface area contributed by atoms with E-state index in [9.17, 15) is 9.90 Å². The quantitative estimate of drug-likeness (QED) is 0.840. The van der Waals surface area contributed by atoms with E-state index in [0.29, 0.717) is 12.5 Å². The van der Waals surface area contributed by atoms with Gasteiger partial charge in [0.05, 0.1) is 6.42 Å². The lowest BCUT2D eigenvalue weighted by Gasteiger charge is -2.24. The van der Waals surface area contributed by atoms with Crippen LogP contribution in [0.3, 0.4) is 0 Å². The summed E-state index contributed by atoms with van der Waals surface area (Å²) in [6.45, 7) is 1.70. The Morgan fingerprint density at radius 2 is 2.39 bits per heavy atom. The van der Waals surface area contributed by atoms with Crippen LogP contribution in [-0.2, 0) is 11.2 Å². The molecule has 1 unspecified atom stereocenters. The van der Waals surface area contributed by atoms with Crippen molar-refractivity contribution in [3.05, 3.63) is 29.8 Å². The van der Waals surface area contributed by atoms with Crippen LogP contribution in [0.15, 0.2) is 24.3 Å². The van der Waals surface area contributed by atoms with E-state index in [0.717, 1.165) is 31.5 Å². The number of rotatable bonds is 4. The number of benzene rings is 1. The molecule has 0 radical (unpaired) electrons. The van der Waals surface area contributed by atoms with Crippen molar-refractivity contribution in [2.24, 2.45) is 0 Å². The first-order valence-electron chi connectivity index (χ1n) is 6.42. The Balaban J connectivity index is 1.99. The second-order valence-electron chi connectivity index (χ2n) is 4.79. The largest absolute Gasteiger partial charge is 0.508 e. The predicted molar refractivity (Wildman–Crippen MR) is 70.5 cm³/mol. The van der Waals surface area contributed by atoms with Crippen molar-refractivity contribution in [1.29, 1.82) is 0 Å². The van der Waals surface area contributed by atoms with Crippen LogP contribution < -0.4 is 5.32 Å². The Hall–Kier alpha value is -1.55. The maximum atomic E-state index is 12.2. The highest BCUT2D eigenvalue weighted by atomic mass is 16.3. The van der Waals surface area contributed by atoms with E-state index < -0.39 is 0 Å². The summed E-state index contributed by atoms with van der Waals surface area (Å²) < 4.78 is 0. The third-order valence-corrected chi connectivity index (χ3v) is 3.40. The molecule has 0 aromatic heterocycles. The number of nitrogens with one attached hydrogen (secondary N) is 1. The standard InChI is InChI=1S/C14H20N2O2/c1-15-10-12-5-3-7-16(12)14(18)9-11-4-2-6-13(17)8-11/h2,4,6,8,12,15,17H,3,5,7,9-10H2,1H3. The third kappa shape index (κ3) is 3.01. The van der Waals surface area contributed by atoms with Crippen molar-refractivity contribution < 1.29 is 9.90 Å². The molecule has 2 N–H and O–H groups in total. The lowest BCUT2D eigenvalue weighted by atomic mass is 10.1. The number of nitrogens with zero attached hydrogens (tertiary/aromatic N) is 1. The van der Waals surface area contributed by atoms with Gasteiger partial charge in [-0.05, 0) is 37.6 Å². The molecule has 4 heteroatoms. The SMILES string of the molecule is CNCC1CCCN1C(=O)Cc1cccc(O)c1. The molecule has 4 nitrogen and oxygen atoms in total. The minimum Gasteiger partial charge on any atom is -0.508 e. The number of phenolic OH excluding ortho intramolecular Hbond substituents is 1. The van der Waals surface area contributed by atoms with Gasteiger partial charge in [-0.1, -0.05) is 12.1 Å². The van der Waals surface area contributed by atoms with Crippen molar-refractivity contribution in [3.63, 3.8) is 0 Å². The molecule has 18 heavy (non-hydrogen) atoms. The van der Waals surface area contributed by atoms with E-state index >= 15 is 0 Å². The first kappa shape index (κ1) is 12.9. The van der Waals surface area contributed by atoms with Gasteiger partial charge in [0, 0.05) is 19.1 Å². The van der Waals surface area contributed by atoms with Gasteiger partial charge in [0.2, 0.25) is 5.91 Å². The summed E-state index contributed by atoms with van der Waals surface area (Å²) in [5.74, 6) is 0.367. The molecule has 1 aromatic rings. The second-order valence-corrected chi connectivity index (χ2v) is 4.79. The molecule has 2 rings (SSSR count). The highest BCUT2D eigenvalue weighted by Crippen LogP contribution is 2.19. The van der Waals surface area contributed by atoms with Crippen molar-refractivity contribution in [1.82, 2.24) is 10.2 Å². The Morgan fingerprint density at radius 1 is 1.56 bits per heavy atom. The highest BCUT2D eigenvalue weighted by Gasteiger charge is 2.27. The molecule has 1 aliphatic rings. The van der Waals surface area contributed by atoms with Crippen LogP contribution in [0.1, 0.15) is 18.4 Å². The van der Waals surface area contributed by atoms with E-state index in [1.807, 2.05) is 18.0 Å². The fourth-order valence-corrected chi connectivity index (χ4v) is 2.55. The predicted octanol–water partition coefficient (Wildman–Crippen LogP) is 1.15. The number of carbonyl (C=O) groups is 1. The summed E-state index contributed by atoms with van der Waals surface area (Å²) in [6.07, 6.45) is 2.53. The second kappa shape index (κ2) is 5.87. The molecule has 1 atom stereocenters. The maximum Gasteiger partial charge on any atom is 0.227 e. The van der Waals surface area contributed by atoms with Crippen LogP contribution in [-0.4, -0.2) is 42.1 Å². The molecule has 98 valence electrons. The number of phenols is 1. The van der Waals surface area contributed by atoms with Crippen molar-refractivity contribution >= 4 is 5.91 Å². The topological polar surface area (TPSA) is 52.6 Å². The van der Waals surface area contributed by atoms with Gasteiger partial charge in [-0.2, -0.15) is 0 Å². The van der Waals surface area contributed by atoms with Gasteiger partial charge in [0.15, 0.2) is 0 Å². The number of hydrogen-bond acceptors (Lipinski definition) is 3. The molecule has 1 aromatic carbocycles. The molecular formula is C14H20N2O2. The molecule has 0 saturated carbocycles. The number of carbonyl (C=O) groups excluding carboxylic acids is 1. The monoisotopic (exact) mass is 248 g/mol. The average Bonchev–Trinajstić information content (AvgIpc) is 2.78. The van der Waals surface area contributed by atoms with Gasteiger partial charge in [-0.25, -0.2) is 0 Å². The summed E-state index contributed by atoms with van der Waals surface area (Å²) in [4.78, 5) is 14.2. The summed E-state index contributed by atoms with van der Waals surface area (Å²) in [6, 6.07) is 7.24. The smallest absolute Gasteiger partial charge is 0.227 e. The Kier molecular flexibility index (Phi) is 4.20. The minimum absolute atomic E-state index is 0.151. The Bertz CT molecular complexity index is 420. The Labute approximate surface area is 108 Å².